The van der Waals surface area contributed by atoms with Gasteiger partial charge in [-0.3, -0.25) is 4.90 Å². The summed E-state index contributed by atoms with van der Waals surface area (Å²) in [4.78, 5) is 34.2. The number of nitrogens with zero attached hydrogens (tertiary/aromatic N) is 3. The predicted octanol–water partition coefficient (Wildman–Crippen LogP) is 8.91. The zero-order valence-corrected chi connectivity index (χ0v) is 28.1. The first-order chi connectivity index (χ1) is 23.6. The van der Waals surface area contributed by atoms with Crippen LogP contribution in [-0.4, -0.2) is 55.3 Å². The molecule has 1 amide bonds. The molecule has 2 fully saturated rings. The van der Waals surface area contributed by atoms with E-state index in [0.29, 0.717) is 45.4 Å². The molecule has 4 heterocycles. The Morgan fingerprint density at radius 2 is 1.64 bits per heavy atom. The van der Waals surface area contributed by atoms with Crippen LogP contribution in [-0.2, 0) is 28.4 Å². The number of amides is 1. The van der Waals surface area contributed by atoms with Gasteiger partial charge in [0.05, 0.1) is 43.6 Å². The lowest BCUT2D eigenvalue weighted by atomic mass is 9.95. The third kappa shape index (κ3) is 6.57. The molecule has 0 spiro atoms. The van der Waals surface area contributed by atoms with Crippen molar-refractivity contribution in [2.75, 3.05) is 32.2 Å². The second-order valence-corrected chi connectivity index (χ2v) is 12.9. The van der Waals surface area contributed by atoms with E-state index >= 15 is 0 Å². The van der Waals surface area contributed by atoms with Crippen molar-refractivity contribution in [2.24, 2.45) is 0 Å². The van der Waals surface area contributed by atoms with Crippen LogP contribution in [0.4, 0.5) is 37.0 Å². The summed E-state index contributed by atoms with van der Waals surface area (Å²) in [5.41, 5.74) is 0.465. The number of anilines is 1. The predicted molar refractivity (Wildman–Crippen MR) is 173 cm³/mol. The van der Waals surface area contributed by atoms with Crippen molar-refractivity contribution < 1.29 is 50.1 Å². The minimum absolute atomic E-state index is 0.0372. The number of hydrogen-bond donors (Lipinski definition) is 0. The Kier molecular flexibility index (Phi) is 9.22. The van der Waals surface area contributed by atoms with E-state index in [9.17, 15) is 35.9 Å². The van der Waals surface area contributed by atoms with Gasteiger partial charge in [0.15, 0.2) is 0 Å². The molecule has 0 bridgehead atoms. The van der Waals surface area contributed by atoms with Crippen LogP contribution in [0, 0.1) is 6.92 Å². The van der Waals surface area contributed by atoms with Crippen LogP contribution in [0.5, 0.6) is 5.75 Å². The SMILES string of the molecule is COC(=O)c1scc(-c2ccc(OC)c(-c3ccc(N4CCC4)nc3CN3C(=O)O[C@H](c4cc(C(F)(F)F)cc(C(F)(F)F)c4)[C@@H]3C)c2)c1C. The topological polar surface area (TPSA) is 81.2 Å². The molecule has 8 nitrogen and oxygen atoms in total. The number of carbonyl (C=O) groups excluding carboxylic acids is 2. The molecule has 2 saturated heterocycles. The fraction of sp³-hybridized carbons (Fsp3) is 0.343. The molecule has 4 aromatic rings. The number of pyridine rings is 1. The number of benzene rings is 2. The van der Waals surface area contributed by atoms with E-state index in [4.69, 9.17) is 19.2 Å². The zero-order chi connectivity index (χ0) is 36.1. The maximum Gasteiger partial charge on any atom is 0.416 e. The van der Waals surface area contributed by atoms with Gasteiger partial charge in [-0.1, -0.05) is 6.07 Å². The summed E-state index contributed by atoms with van der Waals surface area (Å²) in [5, 5.41) is 1.85. The third-order valence-electron chi connectivity index (χ3n) is 9.00. The van der Waals surface area contributed by atoms with Crippen LogP contribution in [0.2, 0.25) is 0 Å². The number of alkyl halides is 6. The van der Waals surface area contributed by atoms with E-state index in [1.165, 1.54) is 37.4 Å². The zero-order valence-electron chi connectivity index (χ0n) is 27.2. The number of hydrogen-bond acceptors (Lipinski definition) is 8. The number of ether oxygens (including phenoxy) is 3. The number of rotatable bonds is 8. The number of halogens is 6. The first kappa shape index (κ1) is 35.1. The molecule has 0 aliphatic carbocycles. The van der Waals surface area contributed by atoms with Crippen LogP contribution < -0.4 is 9.64 Å². The molecule has 6 rings (SSSR count). The summed E-state index contributed by atoms with van der Waals surface area (Å²) in [6.45, 7) is 4.69. The Morgan fingerprint density at radius 3 is 2.22 bits per heavy atom. The number of cyclic esters (lactones) is 1. The molecule has 2 atom stereocenters. The van der Waals surface area contributed by atoms with E-state index in [1.54, 1.807) is 6.07 Å². The average molecular weight is 720 g/mol. The lowest BCUT2D eigenvalue weighted by Crippen LogP contribution is -2.38. The van der Waals surface area contributed by atoms with Gasteiger partial charge in [-0.15, -0.1) is 11.3 Å². The summed E-state index contributed by atoms with van der Waals surface area (Å²) in [7, 11) is 2.81. The molecule has 2 aliphatic rings. The molecule has 2 aromatic heterocycles. The van der Waals surface area contributed by atoms with E-state index in [2.05, 4.69) is 0 Å². The molecule has 0 N–H and O–H groups in total. The maximum absolute atomic E-state index is 13.6. The van der Waals surface area contributed by atoms with Crippen LogP contribution in [0.3, 0.4) is 0 Å². The van der Waals surface area contributed by atoms with Gasteiger partial charge in [-0.2, -0.15) is 26.3 Å². The van der Waals surface area contributed by atoms with Crippen LogP contribution in [0.25, 0.3) is 22.3 Å². The van der Waals surface area contributed by atoms with Crippen LogP contribution >= 0.6 is 11.3 Å². The highest BCUT2D eigenvalue weighted by molar-refractivity contribution is 7.12. The Hall–Kier alpha value is -4.79. The number of aromatic nitrogens is 1. The summed E-state index contributed by atoms with van der Waals surface area (Å²) in [6.07, 6.45) is -11.5. The van der Waals surface area contributed by atoms with Crippen molar-refractivity contribution in [2.45, 2.75) is 51.3 Å². The van der Waals surface area contributed by atoms with Crippen molar-refractivity contribution in [1.29, 1.82) is 0 Å². The Labute approximate surface area is 287 Å². The average Bonchev–Trinajstić information content (AvgIpc) is 3.57. The van der Waals surface area contributed by atoms with Gasteiger partial charge < -0.3 is 19.1 Å². The molecule has 0 radical (unpaired) electrons. The number of carbonyl (C=O) groups is 2. The standard InChI is InChI=1S/C35H31F6N3O5S/c1-18-26(17-50-31(18)32(45)48-4)20-6-8-28(47-3)25(14-20)24-7-9-29(43-10-5-11-43)42-27(24)16-44-19(2)30(49-33(44)46)21-12-22(34(36,37)38)15-23(13-21)35(39,40)41/h6-9,12-15,17,19,30H,5,10-11,16H2,1-4H3/t19-,30-/m0/s1. The maximum atomic E-state index is 13.6. The second kappa shape index (κ2) is 13.2. The Morgan fingerprint density at radius 1 is 0.960 bits per heavy atom. The molecule has 2 aliphatic heterocycles. The second-order valence-electron chi connectivity index (χ2n) is 12.0. The molecular weight excluding hydrogens is 688 g/mol. The van der Waals surface area contributed by atoms with Gasteiger partial charge in [0.1, 0.15) is 22.5 Å². The third-order valence-corrected chi connectivity index (χ3v) is 10.1. The fourth-order valence-electron chi connectivity index (χ4n) is 6.12. The summed E-state index contributed by atoms with van der Waals surface area (Å²) in [6, 6.07) is 9.38. The normalized spacial score (nSPS) is 17.8. The fourth-order valence-corrected chi connectivity index (χ4v) is 7.14. The van der Waals surface area contributed by atoms with Crippen molar-refractivity contribution in [3.63, 3.8) is 0 Å². The van der Waals surface area contributed by atoms with Crippen molar-refractivity contribution in [3.8, 4) is 28.0 Å². The van der Waals surface area contributed by atoms with Crippen molar-refractivity contribution >= 4 is 29.2 Å². The highest BCUT2D eigenvalue weighted by Crippen LogP contribution is 2.43. The molecule has 0 saturated carbocycles. The Bertz CT molecular complexity index is 1920. The summed E-state index contributed by atoms with van der Waals surface area (Å²) < 4.78 is 98.0. The highest BCUT2D eigenvalue weighted by atomic mass is 32.1. The molecule has 2 aromatic carbocycles. The summed E-state index contributed by atoms with van der Waals surface area (Å²) in [5.74, 6) is 0.671. The highest BCUT2D eigenvalue weighted by Gasteiger charge is 2.43. The van der Waals surface area contributed by atoms with E-state index in [1.807, 2.05) is 41.5 Å². The molecule has 0 unspecified atom stereocenters. The van der Waals surface area contributed by atoms with Gasteiger partial charge in [0, 0.05) is 24.2 Å². The van der Waals surface area contributed by atoms with Gasteiger partial charge in [-0.05, 0) is 90.4 Å². The van der Waals surface area contributed by atoms with E-state index < -0.39 is 53.3 Å². The van der Waals surface area contributed by atoms with Crippen LogP contribution in [0.1, 0.15) is 57.1 Å². The van der Waals surface area contributed by atoms with Crippen LogP contribution in [0.15, 0.2) is 53.9 Å². The van der Waals surface area contributed by atoms with Gasteiger partial charge in [-0.25, -0.2) is 14.6 Å². The van der Waals surface area contributed by atoms with Crippen molar-refractivity contribution in [3.05, 3.63) is 86.7 Å². The number of methoxy groups -OCH3 is 2. The lowest BCUT2D eigenvalue weighted by Gasteiger charge is -2.33. The first-order valence-corrected chi connectivity index (χ1v) is 16.3. The molecule has 50 heavy (non-hydrogen) atoms. The quantitative estimate of drug-likeness (QED) is 0.133. The van der Waals surface area contributed by atoms with Crippen molar-refractivity contribution in [1.82, 2.24) is 9.88 Å². The smallest absolute Gasteiger partial charge is 0.416 e. The minimum atomic E-state index is -5.06. The molecule has 15 heteroatoms. The minimum Gasteiger partial charge on any atom is -0.496 e. The van der Waals surface area contributed by atoms with Gasteiger partial charge in [0.25, 0.3) is 0 Å². The lowest BCUT2D eigenvalue weighted by molar-refractivity contribution is -0.143. The first-order valence-electron chi connectivity index (χ1n) is 15.5. The monoisotopic (exact) mass is 719 g/mol. The van der Waals surface area contributed by atoms with E-state index in [0.717, 1.165) is 36.2 Å². The number of esters is 1. The summed E-state index contributed by atoms with van der Waals surface area (Å²) >= 11 is 1.25. The van der Waals surface area contributed by atoms with E-state index in [-0.39, 0.29) is 12.6 Å². The molecular formula is C35H31F6N3O5S. The Balaban J connectivity index is 1.40. The largest absolute Gasteiger partial charge is 0.496 e. The van der Waals surface area contributed by atoms with Gasteiger partial charge in [0.2, 0.25) is 0 Å². The van der Waals surface area contributed by atoms with Gasteiger partial charge >= 0.3 is 24.4 Å². The molecule has 264 valence electrons. The number of thiophene rings is 1.